The van der Waals surface area contributed by atoms with Crippen LogP contribution in [0.2, 0.25) is 0 Å². The van der Waals surface area contributed by atoms with Gasteiger partial charge in [0.2, 0.25) is 35.4 Å². The zero-order valence-electron chi connectivity index (χ0n) is 58.2. The highest BCUT2D eigenvalue weighted by molar-refractivity contribution is 9.10. The van der Waals surface area contributed by atoms with Crippen molar-refractivity contribution >= 4 is 103 Å². The van der Waals surface area contributed by atoms with Crippen molar-refractivity contribution in [3.05, 3.63) is 137 Å². The molecular formula is C78H96BrN9O12. The molecule has 532 valence electrons. The Bertz CT molecular complexity index is 3740. The second kappa shape index (κ2) is 34.4. The number of carbonyl (C=O) groups excluding carboxylic acids is 10. The first-order chi connectivity index (χ1) is 48.1. The number of para-hydroxylation sites is 1. The van der Waals surface area contributed by atoms with Gasteiger partial charge in [0, 0.05) is 35.0 Å². The van der Waals surface area contributed by atoms with Crippen molar-refractivity contribution in [2.75, 3.05) is 63.8 Å². The normalized spacial score (nSPS) is 24.9. The number of benzene rings is 5. The Balaban J connectivity index is 0.000000136. The lowest BCUT2D eigenvalue weighted by Crippen LogP contribution is -2.47. The molecule has 3 N–H and O–H groups in total. The minimum atomic E-state index is -0.358. The van der Waals surface area contributed by atoms with Gasteiger partial charge < -0.3 is 15.5 Å². The maximum atomic E-state index is 12.7. The molecule has 9 aliphatic rings. The molecule has 14 rings (SSSR count). The van der Waals surface area contributed by atoms with E-state index in [2.05, 4.69) is 56.7 Å². The van der Waals surface area contributed by atoms with Gasteiger partial charge in [0.25, 0.3) is 23.6 Å². The summed E-state index contributed by atoms with van der Waals surface area (Å²) in [6.45, 7) is 15.8. The van der Waals surface area contributed by atoms with Crippen molar-refractivity contribution in [2.24, 2.45) is 23.7 Å². The van der Waals surface area contributed by atoms with Crippen LogP contribution in [-0.2, 0) is 47.9 Å². The highest BCUT2D eigenvalue weighted by Crippen LogP contribution is 2.35. The van der Waals surface area contributed by atoms with E-state index in [1.54, 1.807) is 55.5 Å². The first kappa shape index (κ1) is 74.4. The molecule has 8 saturated heterocycles. The summed E-state index contributed by atoms with van der Waals surface area (Å²) in [5, 5.41) is 22.6. The van der Waals surface area contributed by atoms with Crippen LogP contribution < -0.4 is 29.8 Å². The molecular weight excluding hydrogens is 1330 g/mol. The van der Waals surface area contributed by atoms with E-state index in [0.717, 1.165) is 106 Å². The molecule has 5 aromatic rings. The van der Waals surface area contributed by atoms with E-state index in [1.165, 1.54) is 87.3 Å². The summed E-state index contributed by atoms with van der Waals surface area (Å²) in [7, 11) is 0. The smallest absolute Gasteiger partial charge is 0.251 e. The zero-order chi connectivity index (χ0) is 71.3. The van der Waals surface area contributed by atoms with Gasteiger partial charge >= 0.3 is 0 Å². The van der Waals surface area contributed by atoms with E-state index in [-0.39, 0.29) is 120 Å². The fraction of sp³-hybridized carbons (Fsp3) is 0.487. The van der Waals surface area contributed by atoms with E-state index in [9.17, 15) is 58.2 Å². The predicted octanol–water partition coefficient (Wildman–Crippen LogP) is 11.2. The molecule has 10 amide bonds. The average molecular weight is 1430 g/mol. The minimum absolute atomic E-state index is 0.0595. The van der Waals surface area contributed by atoms with Crippen molar-refractivity contribution in [2.45, 2.75) is 180 Å². The highest BCUT2D eigenvalue weighted by atomic mass is 79.9. The number of anilines is 5. The average Bonchev–Trinajstić information content (AvgIpc) is 1.65. The first-order valence-corrected chi connectivity index (χ1v) is 36.7. The van der Waals surface area contributed by atoms with Gasteiger partial charge in [0.05, 0.1) is 78.3 Å². The number of carbonyl (C=O) groups is 10. The minimum Gasteiger partial charge on any atom is -0.508 e. The molecule has 0 bridgehead atoms. The number of halogens is 1. The number of imide groups is 5. The third-order valence-electron chi connectivity index (χ3n) is 21.0. The lowest BCUT2D eigenvalue weighted by molar-refractivity contribution is -0.124. The molecule has 21 nitrogen and oxygen atoms in total. The van der Waals surface area contributed by atoms with Crippen LogP contribution in [0.5, 0.6) is 11.5 Å². The van der Waals surface area contributed by atoms with Crippen molar-refractivity contribution in [3.63, 3.8) is 0 Å². The Morgan fingerprint density at radius 1 is 0.420 bits per heavy atom. The quantitative estimate of drug-likeness (QED) is 0.0927. The fourth-order valence-electron chi connectivity index (χ4n) is 15.2. The summed E-state index contributed by atoms with van der Waals surface area (Å²) >= 11 is 3.31. The molecule has 100 heavy (non-hydrogen) atoms. The molecule has 5 aromatic carbocycles. The summed E-state index contributed by atoms with van der Waals surface area (Å²) in [4.78, 5) is 135. The Hall–Kier alpha value is -8.28. The van der Waals surface area contributed by atoms with E-state index in [0.29, 0.717) is 53.2 Å². The lowest BCUT2D eigenvalue weighted by atomic mass is 9.85. The number of phenols is 2. The number of nitrogens with zero attached hydrogens (tertiary/aromatic N) is 8. The van der Waals surface area contributed by atoms with E-state index in [1.807, 2.05) is 61.5 Å². The van der Waals surface area contributed by atoms with Gasteiger partial charge in [-0.25, -0.2) is 19.6 Å². The van der Waals surface area contributed by atoms with Gasteiger partial charge in [0.1, 0.15) is 11.5 Å². The van der Waals surface area contributed by atoms with Crippen molar-refractivity contribution in [3.8, 4) is 11.5 Å². The summed E-state index contributed by atoms with van der Waals surface area (Å²) in [6.07, 6.45) is 16.5. The number of phenolic OH excluding ortho intramolecular Hbond substituents is 2. The standard InChI is InChI=1S/C18H24N2O3.C17H22N2O3.C17H22N2O2.C15H18N2O2.C11H10BrNO2/c1-2-4-13-7-9-19(10-8-13)16-12-17(22)20(18(16)23)14-5-3-6-15(21)11-14;1-2-12-6-8-18(9-7-12)15-11-16(21)19(17(15)22)13-4-3-5-14(20)10-13;1-12-7-5-6-10-14(12)18-15-11-16(20)19(17(15)21)13-8-3-2-4-9-13;1-11-4-6-12(7-5-11)17-14(18)10-13(15(17)19)16-8-2-3-9-16;1-7-6-10(14)13(11(7)15)9-4-2-8(12)3-5-9/h3,5-6,11,13,16,21H,2,4,7-10,12H2,1H3;3-5,10,12,15,20H,2,6-9,11H2,1H3;2-4,8-9,12,14-15,18H,5-7,10-11H2,1H3;4-7,13H,2-3,8-10H2,1H3;2-5,7H,6H2,1H3/t16-;15-;12-,14-,15-;13-;7-/m11011/s1. The van der Waals surface area contributed by atoms with Crippen LogP contribution in [0.3, 0.4) is 0 Å². The largest absolute Gasteiger partial charge is 0.508 e. The molecule has 1 saturated carbocycles. The predicted molar refractivity (Wildman–Crippen MR) is 387 cm³/mol. The number of rotatable bonds is 13. The van der Waals surface area contributed by atoms with Crippen LogP contribution in [-0.4, -0.2) is 153 Å². The van der Waals surface area contributed by atoms with Gasteiger partial charge in [0.15, 0.2) is 0 Å². The molecule has 0 radical (unpaired) electrons. The molecule has 8 heterocycles. The summed E-state index contributed by atoms with van der Waals surface area (Å²) in [6, 6.07) is 35.6. The fourth-order valence-corrected chi connectivity index (χ4v) is 15.5. The number of piperidine rings is 2. The molecule has 8 aliphatic heterocycles. The molecule has 0 spiro atoms. The molecule has 0 unspecified atom stereocenters. The van der Waals surface area contributed by atoms with E-state index >= 15 is 0 Å². The summed E-state index contributed by atoms with van der Waals surface area (Å²) in [5.74, 6) is 0.747. The maximum Gasteiger partial charge on any atom is 0.251 e. The number of likely N-dealkylation sites (tertiary alicyclic amines) is 3. The topological polar surface area (TPSA) is 249 Å². The summed E-state index contributed by atoms with van der Waals surface area (Å²) in [5.41, 5.74) is 4.07. The Kier molecular flexibility index (Phi) is 25.6. The molecule has 1 aliphatic carbocycles. The number of aryl methyl sites for hydroxylation is 1. The van der Waals surface area contributed by atoms with Crippen LogP contribution in [0.4, 0.5) is 28.4 Å². The Morgan fingerprint density at radius 3 is 1.29 bits per heavy atom. The second-order valence-electron chi connectivity index (χ2n) is 28.0. The number of nitrogens with one attached hydrogen (secondary N) is 1. The van der Waals surface area contributed by atoms with Gasteiger partial charge in [-0.1, -0.05) is 124 Å². The van der Waals surface area contributed by atoms with Gasteiger partial charge in [-0.3, -0.25) is 67.5 Å². The van der Waals surface area contributed by atoms with Crippen LogP contribution in [0.1, 0.15) is 149 Å². The SMILES string of the molecule is CCC1CCN([C@@H]2CC(=O)N(c3cccc(O)c3)C2=O)CC1.CCCC1CCN([C@@H]2CC(=O)N(c3cccc(O)c3)C2=O)CC1.C[C@@H]1CC(=O)N(c2ccc(Br)cc2)C1=O.C[C@H]1CCCC[C@@H]1N[C@H]1CC(=O)N(c2ccccc2)C1=O.Cc1ccc(N2C(=O)C[C@@H](N3CCCC3)C2=O)cc1. The number of amides is 10. The summed E-state index contributed by atoms with van der Waals surface area (Å²) < 4.78 is 0.929. The molecule has 22 heteroatoms. The second-order valence-corrected chi connectivity index (χ2v) is 28.9. The highest BCUT2D eigenvalue weighted by Gasteiger charge is 2.47. The third kappa shape index (κ3) is 17.9. The van der Waals surface area contributed by atoms with Crippen LogP contribution in [0.15, 0.2) is 132 Å². The molecule has 0 aromatic heterocycles. The van der Waals surface area contributed by atoms with Crippen molar-refractivity contribution in [1.29, 1.82) is 0 Å². The Labute approximate surface area is 595 Å². The Morgan fingerprint density at radius 2 is 0.830 bits per heavy atom. The number of aromatic hydroxyl groups is 2. The maximum absolute atomic E-state index is 12.7. The first-order valence-electron chi connectivity index (χ1n) is 35.9. The third-order valence-corrected chi connectivity index (χ3v) is 21.5. The molecule has 9 fully saturated rings. The van der Waals surface area contributed by atoms with E-state index < -0.39 is 0 Å². The van der Waals surface area contributed by atoms with Crippen molar-refractivity contribution in [1.82, 2.24) is 20.0 Å². The van der Waals surface area contributed by atoms with Gasteiger partial charge in [-0.2, -0.15) is 0 Å². The zero-order valence-corrected chi connectivity index (χ0v) is 59.8. The van der Waals surface area contributed by atoms with Crippen LogP contribution >= 0.6 is 15.9 Å². The number of hydrogen-bond acceptors (Lipinski definition) is 16. The van der Waals surface area contributed by atoms with E-state index in [4.69, 9.17) is 0 Å². The van der Waals surface area contributed by atoms with Crippen LogP contribution in [0, 0.1) is 30.6 Å². The van der Waals surface area contributed by atoms with Crippen molar-refractivity contribution < 1.29 is 58.2 Å². The van der Waals surface area contributed by atoms with Gasteiger partial charge in [-0.15, -0.1) is 0 Å². The number of hydrogen-bond donors (Lipinski definition) is 3. The monoisotopic (exact) mass is 1430 g/mol. The molecule has 7 atom stereocenters. The lowest BCUT2D eigenvalue weighted by Gasteiger charge is -2.34. The van der Waals surface area contributed by atoms with Gasteiger partial charge in [-0.05, 0) is 188 Å². The van der Waals surface area contributed by atoms with Crippen LogP contribution in [0.25, 0.3) is 0 Å².